The van der Waals surface area contributed by atoms with Crippen LogP contribution < -0.4 is 0 Å². The van der Waals surface area contributed by atoms with Crippen molar-refractivity contribution in [3.8, 4) is 28.5 Å². The number of benzene rings is 1. The third kappa shape index (κ3) is 2.57. The first kappa shape index (κ1) is 13.5. The van der Waals surface area contributed by atoms with Crippen LogP contribution in [0.25, 0.3) is 22.4 Å². The zero-order valence-electron chi connectivity index (χ0n) is 10.6. The predicted octanol–water partition coefficient (Wildman–Crippen LogP) is 4.11. The van der Waals surface area contributed by atoms with E-state index < -0.39 is 5.97 Å². The molecule has 0 atom stereocenters. The third-order valence-electron chi connectivity index (χ3n) is 2.99. The zero-order valence-corrected chi connectivity index (χ0v) is 12.2. The number of hydrogen-bond donors (Lipinski definition) is 1. The first-order chi connectivity index (χ1) is 10.2. The molecule has 0 unspecified atom stereocenters. The number of carboxylic acid groups (broad SMARTS) is 1. The maximum absolute atomic E-state index is 10.9. The summed E-state index contributed by atoms with van der Waals surface area (Å²) in [6.45, 7) is 0. The van der Waals surface area contributed by atoms with Gasteiger partial charge in [0.2, 0.25) is 0 Å². The highest BCUT2D eigenvalue weighted by Gasteiger charge is 2.12. The number of aromatic carboxylic acids is 1. The van der Waals surface area contributed by atoms with Gasteiger partial charge in [0, 0.05) is 11.1 Å². The van der Waals surface area contributed by atoms with Gasteiger partial charge in [-0.2, -0.15) is 21.0 Å². The molecule has 0 saturated heterocycles. The Balaban J connectivity index is 2.05. The van der Waals surface area contributed by atoms with Gasteiger partial charge in [0.25, 0.3) is 0 Å². The Morgan fingerprint density at radius 1 is 1.24 bits per heavy atom. The molecule has 1 N–H and O–H groups in total. The van der Waals surface area contributed by atoms with Gasteiger partial charge in [-0.05, 0) is 46.1 Å². The number of carbonyl (C=O) groups is 1. The molecular weight excluding hydrogens is 304 g/mol. The SMILES string of the molecule is N#Cc1cc(-c2cc(C(=O)O)sn2)ccc1-c1ccsc1. The number of nitriles is 1. The van der Waals surface area contributed by atoms with Crippen LogP contribution >= 0.6 is 22.9 Å². The van der Waals surface area contributed by atoms with E-state index in [-0.39, 0.29) is 4.88 Å². The van der Waals surface area contributed by atoms with E-state index in [4.69, 9.17) is 5.11 Å². The molecule has 21 heavy (non-hydrogen) atoms. The minimum Gasteiger partial charge on any atom is -0.477 e. The van der Waals surface area contributed by atoms with Crippen molar-refractivity contribution in [1.82, 2.24) is 4.37 Å². The van der Waals surface area contributed by atoms with E-state index in [1.54, 1.807) is 17.4 Å². The summed E-state index contributed by atoms with van der Waals surface area (Å²) in [5.41, 5.74) is 3.75. The fourth-order valence-electron chi connectivity index (χ4n) is 1.98. The van der Waals surface area contributed by atoms with Crippen LogP contribution in [0.5, 0.6) is 0 Å². The molecule has 3 rings (SSSR count). The summed E-state index contributed by atoms with van der Waals surface area (Å²) in [6, 6.07) is 11.1. The van der Waals surface area contributed by atoms with Crippen molar-refractivity contribution in [2.75, 3.05) is 0 Å². The predicted molar refractivity (Wildman–Crippen MR) is 82.5 cm³/mol. The second-order valence-corrected chi connectivity index (χ2v) is 5.85. The highest BCUT2D eigenvalue weighted by Crippen LogP contribution is 2.30. The van der Waals surface area contributed by atoms with Crippen molar-refractivity contribution >= 4 is 28.8 Å². The van der Waals surface area contributed by atoms with Gasteiger partial charge < -0.3 is 5.11 Å². The Hall–Kier alpha value is -2.49. The van der Waals surface area contributed by atoms with E-state index in [1.165, 1.54) is 6.07 Å². The molecule has 2 aromatic heterocycles. The molecule has 0 saturated carbocycles. The van der Waals surface area contributed by atoms with E-state index in [0.717, 1.165) is 28.2 Å². The van der Waals surface area contributed by atoms with Gasteiger partial charge in [-0.15, -0.1) is 0 Å². The van der Waals surface area contributed by atoms with E-state index in [2.05, 4.69) is 10.4 Å². The molecule has 2 heterocycles. The molecule has 0 aliphatic carbocycles. The standard InChI is InChI=1S/C15H8N2O2S2/c16-7-11-5-9(13-6-14(15(18)19)21-17-13)1-2-12(11)10-3-4-20-8-10/h1-6,8H,(H,18,19). The van der Waals surface area contributed by atoms with Crippen molar-refractivity contribution in [2.45, 2.75) is 0 Å². The van der Waals surface area contributed by atoms with Crippen LogP contribution in [0.3, 0.4) is 0 Å². The maximum Gasteiger partial charge on any atom is 0.347 e. The minimum atomic E-state index is -0.992. The number of nitrogens with zero attached hydrogens (tertiary/aromatic N) is 2. The summed E-state index contributed by atoms with van der Waals surface area (Å²) >= 11 is 2.51. The summed E-state index contributed by atoms with van der Waals surface area (Å²) in [6.07, 6.45) is 0. The molecule has 0 aliphatic heterocycles. The lowest BCUT2D eigenvalue weighted by Crippen LogP contribution is -1.90. The maximum atomic E-state index is 10.9. The Bertz CT molecular complexity index is 845. The molecular formula is C15H8N2O2S2. The Labute approximate surface area is 128 Å². The summed E-state index contributed by atoms with van der Waals surface area (Å²) in [4.78, 5) is 11.1. The lowest BCUT2D eigenvalue weighted by Gasteiger charge is -2.04. The summed E-state index contributed by atoms with van der Waals surface area (Å²) < 4.78 is 4.13. The Morgan fingerprint density at radius 3 is 2.71 bits per heavy atom. The summed E-state index contributed by atoms with van der Waals surface area (Å²) in [5.74, 6) is -0.992. The molecule has 102 valence electrons. The van der Waals surface area contributed by atoms with Crippen LogP contribution in [0.4, 0.5) is 0 Å². The van der Waals surface area contributed by atoms with Gasteiger partial charge in [0.05, 0.1) is 17.3 Å². The van der Waals surface area contributed by atoms with Gasteiger partial charge in [-0.25, -0.2) is 4.79 Å². The quantitative estimate of drug-likeness (QED) is 0.790. The molecule has 0 amide bonds. The van der Waals surface area contributed by atoms with E-state index in [0.29, 0.717) is 11.3 Å². The van der Waals surface area contributed by atoms with Crippen LogP contribution in [0.15, 0.2) is 41.1 Å². The van der Waals surface area contributed by atoms with Gasteiger partial charge in [-0.3, -0.25) is 0 Å². The second kappa shape index (κ2) is 5.48. The smallest absolute Gasteiger partial charge is 0.347 e. The highest BCUT2D eigenvalue weighted by atomic mass is 32.1. The lowest BCUT2D eigenvalue weighted by molar-refractivity contribution is 0.0702. The average molecular weight is 312 g/mol. The molecule has 0 radical (unpaired) electrons. The molecule has 1 aromatic carbocycles. The third-order valence-corrected chi connectivity index (χ3v) is 4.45. The normalized spacial score (nSPS) is 10.2. The topological polar surface area (TPSA) is 74.0 Å². The molecule has 0 aliphatic rings. The van der Waals surface area contributed by atoms with E-state index >= 15 is 0 Å². The fourth-order valence-corrected chi connectivity index (χ4v) is 3.23. The number of hydrogen-bond acceptors (Lipinski definition) is 5. The van der Waals surface area contributed by atoms with Crippen molar-refractivity contribution < 1.29 is 9.90 Å². The highest BCUT2D eigenvalue weighted by molar-refractivity contribution is 7.08. The van der Waals surface area contributed by atoms with Crippen molar-refractivity contribution in [2.24, 2.45) is 0 Å². The summed E-state index contributed by atoms with van der Waals surface area (Å²) in [7, 11) is 0. The number of aromatic nitrogens is 1. The molecule has 0 fully saturated rings. The largest absolute Gasteiger partial charge is 0.477 e. The van der Waals surface area contributed by atoms with Gasteiger partial charge in [-0.1, -0.05) is 12.1 Å². The van der Waals surface area contributed by atoms with Gasteiger partial charge in [0.1, 0.15) is 4.88 Å². The van der Waals surface area contributed by atoms with Crippen LogP contribution in [-0.2, 0) is 0 Å². The van der Waals surface area contributed by atoms with Crippen molar-refractivity contribution in [3.05, 3.63) is 51.5 Å². The molecule has 0 bridgehead atoms. The first-order valence-electron chi connectivity index (χ1n) is 5.96. The number of thiophene rings is 1. The molecule has 4 nitrogen and oxygen atoms in total. The van der Waals surface area contributed by atoms with Gasteiger partial charge >= 0.3 is 5.97 Å². The van der Waals surface area contributed by atoms with Crippen molar-refractivity contribution in [1.29, 1.82) is 5.26 Å². The van der Waals surface area contributed by atoms with Crippen LogP contribution in [0, 0.1) is 11.3 Å². The molecule has 3 aromatic rings. The van der Waals surface area contributed by atoms with Crippen molar-refractivity contribution in [3.63, 3.8) is 0 Å². The fraction of sp³-hybridized carbons (Fsp3) is 0. The first-order valence-corrected chi connectivity index (χ1v) is 7.68. The second-order valence-electron chi connectivity index (χ2n) is 4.27. The molecule has 0 spiro atoms. The lowest BCUT2D eigenvalue weighted by atomic mass is 9.99. The molecule has 6 heteroatoms. The zero-order chi connectivity index (χ0) is 14.8. The van der Waals surface area contributed by atoms with Crippen LogP contribution in [0.2, 0.25) is 0 Å². The average Bonchev–Trinajstić information content (AvgIpc) is 3.18. The number of carboxylic acids is 1. The minimum absolute atomic E-state index is 0.186. The van der Waals surface area contributed by atoms with E-state index in [1.807, 2.05) is 29.0 Å². The van der Waals surface area contributed by atoms with Crippen LogP contribution in [-0.4, -0.2) is 15.4 Å². The van der Waals surface area contributed by atoms with E-state index in [9.17, 15) is 10.1 Å². The van der Waals surface area contributed by atoms with Crippen LogP contribution in [0.1, 0.15) is 15.2 Å². The summed E-state index contributed by atoms with van der Waals surface area (Å²) in [5, 5.41) is 22.2. The van der Waals surface area contributed by atoms with Gasteiger partial charge in [0.15, 0.2) is 0 Å². The Morgan fingerprint density at radius 2 is 2.10 bits per heavy atom. The Kier molecular flexibility index (Phi) is 3.52. The monoisotopic (exact) mass is 312 g/mol. The number of rotatable bonds is 3.